The lowest BCUT2D eigenvalue weighted by molar-refractivity contribution is -0.0000404. The molecule has 3 rings (SSSR count). The van der Waals surface area contributed by atoms with Gasteiger partial charge in [-0.3, -0.25) is 9.63 Å². The van der Waals surface area contributed by atoms with E-state index in [2.05, 4.69) is 26.7 Å². The molecule has 0 aliphatic heterocycles. The van der Waals surface area contributed by atoms with E-state index in [4.69, 9.17) is 4.84 Å². The smallest absolute Gasteiger partial charge is 0.277 e. The number of hydrogen-bond donors (Lipinski definition) is 3. The van der Waals surface area contributed by atoms with Crippen LogP contribution in [0.15, 0.2) is 34.8 Å². The van der Waals surface area contributed by atoms with Crippen LogP contribution < -0.4 is 10.8 Å². The zero-order chi connectivity index (χ0) is 19.6. The van der Waals surface area contributed by atoms with Gasteiger partial charge in [0.15, 0.2) is 11.6 Å². The Morgan fingerprint density at radius 2 is 1.93 bits per heavy atom. The largest absolute Gasteiger partial charge is 0.396 e. The van der Waals surface area contributed by atoms with Gasteiger partial charge in [-0.25, -0.2) is 18.7 Å². The molecular formula is C18H16BrF3N2O3. The third kappa shape index (κ3) is 4.42. The van der Waals surface area contributed by atoms with E-state index in [9.17, 15) is 23.1 Å². The summed E-state index contributed by atoms with van der Waals surface area (Å²) in [6, 6.07) is 5.83. The number of aliphatic hydroxyl groups excluding tert-OH is 1. The Balaban J connectivity index is 1.80. The summed E-state index contributed by atoms with van der Waals surface area (Å²) in [4.78, 5) is 17.4. The molecule has 0 saturated heterocycles. The zero-order valence-electron chi connectivity index (χ0n) is 14.0. The Labute approximate surface area is 161 Å². The van der Waals surface area contributed by atoms with Crippen LogP contribution in [0.5, 0.6) is 0 Å². The molecule has 0 atom stereocenters. The number of aliphatic hydroxyl groups is 1. The van der Waals surface area contributed by atoms with Crippen LogP contribution in [0.1, 0.15) is 23.2 Å². The standard InChI is InChI=1S/C18H16BrF3N2O3/c19-10-1-4-14(13(21)7-10)23-16-11(2-3-12(20)15(16)22)17(26)24-27-9-18(8-25)5-6-18/h1-4,7,23,25H,5-6,8-9H2,(H,24,26). The molecule has 3 N–H and O–H groups in total. The first-order chi connectivity index (χ1) is 12.8. The van der Waals surface area contributed by atoms with E-state index in [1.54, 1.807) is 0 Å². The maximum atomic E-state index is 14.3. The highest BCUT2D eigenvalue weighted by molar-refractivity contribution is 9.10. The molecular weight excluding hydrogens is 429 g/mol. The molecule has 5 nitrogen and oxygen atoms in total. The van der Waals surface area contributed by atoms with E-state index in [1.807, 2.05) is 0 Å². The monoisotopic (exact) mass is 444 g/mol. The first-order valence-corrected chi connectivity index (χ1v) is 8.88. The molecule has 0 aromatic heterocycles. The van der Waals surface area contributed by atoms with Gasteiger partial charge in [-0.05, 0) is 43.2 Å². The summed E-state index contributed by atoms with van der Waals surface area (Å²) in [5.74, 6) is -4.05. The van der Waals surface area contributed by atoms with E-state index in [0.717, 1.165) is 31.0 Å². The van der Waals surface area contributed by atoms with Crippen LogP contribution in [0.25, 0.3) is 0 Å². The van der Waals surface area contributed by atoms with Crippen molar-refractivity contribution in [2.24, 2.45) is 5.41 Å². The Hall–Kier alpha value is -2.10. The van der Waals surface area contributed by atoms with Crippen molar-refractivity contribution in [3.05, 3.63) is 57.8 Å². The molecule has 0 radical (unpaired) electrons. The molecule has 0 spiro atoms. The maximum absolute atomic E-state index is 14.3. The van der Waals surface area contributed by atoms with E-state index < -0.39 is 29.0 Å². The SMILES string of the molecule is O=C(NOCC1(CO)CC1)c1ccc(F)c(F)c1Nc1ccc(Br)cc1F. The van der Waals surface area contributed by atoms with Gasteiger partial charge in [0.25, 0.3) is 5.91 Å². The average molecular weight is 445 g/mol. The second-order valence-corrected chi connectivity index (χ2v) is 7.33. The minimum absolute atomic E-state index is 0.0658. The molecule has 1 saturated carbocycles. The van der Waals surface area contributed by atoms with Gasteiger partial charge in [0, 0.05) is 9.89 Å². The summed E-state index contributed by atoms with van der Waals surface area (Å²) < 4.78 is 42.4. The molecule has 1 aliphatic rings. The summed E-state index contributed by atoms with van der Waals surface area (Å²) in [7, 11) is 0. The molecule has 0 unspecified atom stereocenters. The number of hydroxylamine groups is 1. The van der Waals surface area contributed by atoms with Gasteiger partial charge < -0.3 is 10.4 Å². The number of benzene rings is 2. The Morgan fingerprint density at radius 3 is 2.56 bits per heavy atom. The van der Waals surface area contributed by atoms with E-state index in [0.29, 0.717) is 4.47 Å². The zero-order valence-corrected chi connectivity index (χ0v) is 15.6. The minimum Gasteiger partial charge on any atom is -0.396 e. The van der Waals surface area contributed by atoms with Gasteiger partial charge >= 0.3 is 0 Å². The molecule has 2 aromatic carbocycles. The van der Waals surface area contributed by atoms with E-state index in [-0.39, 0.29) is 29.9 Å². The summed E-state index contributed by atoms with van der Waals surface area (Å²) in [5.41, 5.74) is 0.885. The Kier molecular flexibility index (Phi) is 5.73. The molecule has 27 heavy (non-hydrogen) atoms. The topological polar surface area (TPSA) is 70.6 Å². The van der Waals surface area contributed by atoms with E-state index in [1.165, 1.54) is 12.1 Å². The quantitative estimate of drug-likeness (QED) is 0.563. The van der Waals surface area contributed by atoms with Gasteiger partial charge in [-0.15, -0.1) is 0 Å². The third-order valence-electron chi connectivity index (χ3n) is 4.37. The molecule has 1 aliphatic carbocycles. The number of amides is 1. The Bertz CT molecular complexity index is 875. The van der Waals surface area contributed by atoms with Crippen LogP contribution in [0.4, 0.5) is 24.5 Å². The van der Waals surface area contributed by atoms with Crippen molar-refractivity contribution < 1.29 is 27.9 Å². The first-order valence-electron chi connectivity index (χ1n) is 8.08. The van der Waals surface area contributed by atoms with Gasteiger partial charge in [0.1, 0.15) is 5.82 Å². The summed E-state index contributed by atoms with van der Waals surface area (Å²) in [6.45, 7) is 0.0344. The summed E-state index contributed by atoms with van der Waals surface area (Å²) in [5, 5.41) is 11.6. The fourth-order valence-electron chi connectivity index (χ4n) is 2.42. The second-order valence-electron chi connectivity index (χ2n) is 6.41. The predicted molar refractivity (Wildman–Crippen MR) is 95.9 cm³/mol. The number of hydrogen-bond acceptors (Lipinski definition) is 4. The summed E-state index contributed by atoms with van der Waals surface area (Å²) >= 11 is 3.10. The number of rotatable bonds is 7. The fraction of sp³-hybridized carbons (Fsp3) is 0.278. The maximum Gasteiger partial charge on any atom is 0.277 e. The highest BCUT2D eigenvalue weighted by Crippen LogP contribution is 2.44. The van der Waals surface area contributed by atoms with Gasteiger partial charge in [-0.2, -0.15) is 0 Å². The van der Waals surface area contributed by atoms with Crippen molar-refractivity contribution in [2.45, 2.75) is 12.8 Å². The number of nitrogens with one attached hydrogen (secondary N) is 2. The number of halogens is 4. The normalized spacial score (nSPS) is 14.7. The van der Waals surface area contributed by atoms with Crippen LogP contribution in [-0.4, -0.2) is 24.2 Å². The molecule has 0 bridgehead atoms. The molecule has 9 heteroatoms. The van der Waals surface area contributed by atoms with Crippen LogP contribution in [0.2, 0.25) is 0 Å². The van der Waals surface area contributed by atoms with Gasteiger partial charge in [0.05, 0.1) is 30.2 Å². The van der Waals surface area contributed by atoms with Gasteiger partial charge in [0.2, 0.25) is 0 Å². The first kappa shape index (κ1) is 19.7. The van der Waals surface area contributed by atoms with Crippen molar-refractivity contribution >= 4 is 33.2 Å². The van der Waals surface area contributed by atoms with Crippen molar-refractivity contribution in [3.63, 3.8) is 0 Å². The highest BCUT2D eigenvalue weighted by atomic mass is 79.9. The fourth-order valence-corrected chi connectivity index (χ4v) is 2.76. The van der Waals surface area contributed by atoms with Crippen LogP contribution in [0, 0.1) is 22.9 Å². The molecule has 1 fully saturated rings. The Morgan fingerprint density at radius 1 is 1.19 bits per heavy atom. The number of carbonyl (C=O) groups excluding carboxylic acids is 1. The lowest BCUT2D eigenvalue weighted by Gasteiger charge is -2.16. The minimum atomic E-state index is -1.32. The van der Waals surface area contributed by atoms with Crippen LogP contribution >= 0.6 is 15.9 Å². The summed E-state index contributed by atoms with van der Waals surface area (Å²) in [6.07, 6.45) is 1.56. The van der Waals surface area contributed by atoms with Crippen molar-refractivity contribution in [1.82, 2.24) is 5.48 Å². The van der Waals surface area contributed by atoms with Crippen molar-refractivity contribution in [2.75, 3.05) is 18.5 Å². The van der Waals surface area contributed by atoms with Crippen molar-refractivity contribution in [3.8, 4) is 0 Å². The third-order valence-corrected chi connectivity index (χ3v) is 4.86. The molecule has 2 aromatic rings. The predicted octanol–water partition coefficient (Wildman–Crippen LogP) is 4.04. The lowest BCUT2D eigenvalue weighted by atomic mass is 10.1. The van der Waals surface area contributed by atoms with Gasteiger partial charge in [-0.1, -0.05) is 15.9 Å². The average Bonchev–Trinajstić information content (AvgIpc) is 3.41. The second kappa shape index (κ2) is 7.87. The highest BCUT2D eigenvalue weighted by Gasteiger charge is 2.42. The van der Waals surface area contributed by atoms with Crippen LogP contribution in [-0.2, 0) is 4.84 Å². The van der Waals surface area contributed by atoms with Crippen molar-refractivity contribution in [1.29, 1.82) is 0 Å². The van der Waals surface area contributed by atoms with Crippen LogP contribution in [0.3, 0.4) is 0 Å². The van der Waals surface area contributed by atoms with E-state index >= 15 is 0 Å². The molecule has 1 amide bonds. The lowest BCUT2D eigenvalue weighted by Crippen LogP contribution is -2.29. The number of carbonyl (C=O) groups is 1. The number of anilines is 2. The molecule has 0 heterocycles. The molecule has 144 valence electrons.